The molecule has 2 atom stereocenters. The Hall–Kier alpha value is -0.440. The molecule has 0 aromatic rings. The molecule has 0 aliphatic heterocycles. The molecule has 0 aliphatic carbocycles. The molecule has 0 spiro atoms. The van der Waals surface area contributed by atoms with E-state index in [2.05, 4.69) is 10.2 Å². The van der Waals surface area contributed by atoms with Crippen LogP contribution < -0.4 is 5.90 Å². The highest BCUT2D eigenvalue weighted by Gasteiger charge is 2.19. The number of carbonyl (C=O) groups excluding carboxylic acids is 4. The van der Waals surface area contributed by atoms with E-state index in [1.807, 2.05) is 0 Å². The quantitative estimate of drug-likeness (QED) is 0.125. The SMILES string of the molecule is [NH3+]OS(=O)CC(=O)C(=O)CSSCC(=O)C(=O)CS(=O)[O-]. The van der Waals surface area contributed by atoms with Crippen LogP contribution in [0.5, 0.6) is 0 Å². The first-order valence-corrected chi connectivity index (χ1v) is 9.98. The fraction of sp³-hybridized carbons (Fsp3) is 0.500. The van der Waals surface area contributed by atoms with Gasteiger partial charge in [0.05, 0.1) is 17.3 Å². The Labute approximate surface area is 132 Å². The molecule has 0 aromatic heterocycles. The molecule has 0 rings (SSSR count). The lowest BCUT2D eigenvalue weighted by atomic mass is 10.3. The number of quaternary nitrogens is 1. The van der Waals surface area contributed by atoms with Crippen molar-refractivity contribution in [3.05, 3.63) is 0 Å². The second-order valence-corrected chi connectivity index (χ2v) is 7.72. The van der Waals surface area contributed by atoms with Gasteiger partial charge in [-0.25, -0.2) is 4.21 Å². The van der Waals surface area contributed by atoms with Gasteiger partial charge in [0.1, 0.15) is 5.75 Å². The van der Waals surface area contributed by atoms with E-state index in [0.29, 0.717) is 0 Å². The molecule has 0 saturated carbocycles. The van der Waals surface area contributed by atoms with Crippen molar-refractivity contribution >= 4 is 66.9 Å². The number of ketones is 4. The predicted molar refractivity (Wildman–Crippen MR) is 75.7 cm³/mol. The van der Waals surface area contributed by atoms with Crippen molar-refractivity contribution in [2.24, 2.45) is 0 Å². The molecule has 0 saturated heterocycles. The third-order valence-electron chi connectivity index (χ3n) is 1.71. The summed E-state index contributed by atoms with van der Waals surface area (Å²) >= 11 is -4.58. The fourth-order valence-corrected chi connectivity index (χ4v) is 3.45. The zero-order valence-electron chi connectivity index (χ0n) is 10.4. The van der Waals surface area contributed by atoms with E-state index >= 15 is 0 Å². The molecule has 0 amide bonds. The molecule has 21 heavy (non-hydrogen) atoms. The Bertz CT molecular complexity index is 479. The summed E-state index contributed by atoms with van der Waals surface area (Å²) in [6.45, 7) is 0. The Kier molecular flexibility index (Phi) is 10.9. The van der Waals surface area contributed by atoms with E-state index in [1.54, 1.807) is 0 Å². The average molecular weight is 377 g/mol. The molecule has 0 radical (unpaired) electrons. The zero-order chi connectivity index (χ0) is 16.4. The predicted octanol–water partition coefficient (Wildman–Crippen LogP) is -2.64. The number of rotatable bonds is 12. The van der Waals surface area contributed by atoms with Gasteiger partial charge in [-0.1, -0.05) is 21.6 Å². The van der Waals surface area contributed by atoms with Crippen LogP contribution in [-0.2, 0) is 45.6 Å². The molecule has 2 unspecified atom stereocenters. The lowest BCUT2D eigenvalue weighted by Crippen LogP contribution is -2.50. The minimum absolute atomic E-state index is 0.271. The third-order valence-corrected chi connectivity index (χ3v) is 5.11. The Morgan fingerprint density at radius 1 is 0.905 bits per heavy atom. The van der Waals surface area contributed by atoms with Gasteiger partial charge in [-0.3, -0.25) is 23.4 Å². The van der Waals surface area contributed by atoms with Crippen LogP contribution in [0, 0.1) is 0 Å². The van der Waals surface area contributed by atoms with Gasteiger partial charge < -0.3 is 4.55 Å². The van der Waals surface area contributed by atoms with Crippen LogP contribution in [-0.4, -0.2) is 59.1 Å². The molecule has 0 heterocycles. The van der Waals surface area contributed by atoms with Crippen LogP contribution in [0.4, 0.5) is 0 Å². The molecule has 13 heteroatoms. The Morgan fingerprint density at radius 3 is 1.71 bits per heavy atom. The smallest absolute Gasteiger partial charge is 0.220 e. The van der Waals surface area contributed by atoms with Gasteiger partial charge in [0.25, 0.3) is 0 Å². The maximum Gasteiger partial charge on any atom is 0.220 e. The van der Waals surface area contributed by atoms with Crippen molar-refractivity contribution in [1.82, 2.24) is 0 Å². The van der Waals surface area contributed by atoms with Gasteiger partial charge in [-0.15, -0.1) is 4.28 Å². The second-order valence-electron chi connectivity index (χ2n) is 3.23. The van der Waals surface area contributed by atoms with E-state index in [4.69, 9.17) is 0 Å². The Morgan fingerprint density at radius 2 is 1.33 bits per heavy atom. The van der Waals surface area contributed by atoms with Crippen LogP contribution >= 0.6 is 21.6 Å². The summed E-state index contributed by atoms with van der Waals surface area (Å²) in [5, 5.41) is 0. The van der Waals surface area contributed by atoms with Gasteiger partial charge in [0.15, 0.2) is 0 Å². The highest BCUT2D eigenvalue weighted by molar-refractivity contribution is 8.77. The average Bonchev–Trinajstić information content (AvgIpc) is 2.41. The van der Waals surface area contributed by atoms with Crippen molar-refractivity contribution in [2.45, 2.75) is 0 Å². The molecule has 9 nitrogen and oxygen atoms in total. The second kappa shape index (κ2) is 11.2. The lowest BCUT2D eigenvalue weighted by Gasteiger charge is -2.03. The van der Waals surface area contributed by atoms with Gasteiger partial charge in [0.2, 0.25) is 34.2 Å². The molecule has 0 aliphatic rings. The maximum absolute atomic E-state index is 11.3. The molecular weight excluding hydrogens is 366 g/mol. The van der Waals surface area contributed by atoms with Crippen LogP contribution in [0.25, 0.3) is 0 Å². The molecule has 3 N–H and O–H groups in total. The van der Waals surface area contributed by atoms with Crippen LogP contribution in [0.1, 0.15) is 0 Å². The summed E-state index contributed by atoms with van der Waals surface area (Å²) in [5.74, 6) is -2.84. The summed E-state index contributed by atoms with van der Waals surface area (Å²) in [6, 6.07) is 0. The first-order chi connectivity index (χ1) is 9.77. The lowest BCUT2D eigenvalue weighted by molar-refractivity contribution is -0.632. The highest BCUT2D eigenvalue weighted by atomic mass is 33.1. The number of hydrogen-bond acceptors (Lipinski definition) is 10. The van der Waals surface area contributed by atoms with E-state index < -0.39 is 56.8 Å². The van der Waals surface area contributed by atoms with Crippen molar-refractivity contribution < 1.29 is 42.3 Å². The number of carbonyl (C=O) groups is 4. The molecular formula is C8H11NO8S4. The van der Waals surface area contributed by atoms with Gasteiger partial charge in [0, 0.05) is 0 Å². The van der Waals surface area contributed by atoms with Crippen LogP contribution in [0.15, 0.2) is 0 Å². The summed E-state index contributed by atoms with van der Waals surface area (Å²) < 4.78 is 35.3. The first-order valence-electron chi connectivity index (χ1n) is 5.01. The maximum atomic E-state index is 11.3. The summed E-state index contributed by atoms with van der Waals surface area (Å²) in [6.07, 6.45) is 0. The van der Waals surface area contributed by atoms with Gasteiger partial charge in [-0.2, -0.15) is 5.90 Å². The van der Waals surface area contributed by atoms with E-state index in [1.165, 1.54) is 0 Å². The molecule has 0 fully saturated rings. The van der Waals surface area contributed by atoms with Crippen LogP contribution in [0.2, 0.25) is 0 Å². The summed E-state index contributed by atoms with van der Waals surface area (Å²) in [5.41, 5.74) is 0. The standard InChI is InChI=1S/C8H11NO8S4/c9-17-21(16)4-8(13)6(11)2-19-18-1-5(10)7(12)3-20(14)15/h1-4H2,9H3. The minimum atomic E-state index is -2.62. The van der Waals surface area contributed by atoms with Crippen molar-refractivity contribution in [2.75, 3.05) is 23.0 Å². The number of Topliss-reactive ketones (excluding diaryl/α,β-unsaturated/α-hetero) is 4. The zero-order valence-corrected chi connectivity index (χ0v) is 13.7. The summed E-state index contributed by atoms with van der Waals surface area (Å²) in [4.78, 5) is 44.7. The van der Waals surface area contributed by atoms with Crippen LogP contribution in [0.3, 0.4) is 0 Å². The van der Waals surface area contributed by atoms with Crippen molar-refractivity contribution in [3.63, 3.8) is 0 Å². The largest absolute Gasteiger partial charge is 0.772 e. The van der Waals surface area contributed by atoms with Gasteiger partial charge in [-0.05, 0) is 11.1 Å². The van der Waals surface area contributed by atoms with Crippen molar-refractivity contribution in [3.8, 4) is 0 Å². The van der Waals surface area contributed by atoms with E-state index in [-0.39, 0.29) is 11.5 Å². The first kappa shape index (κ1) is 20.6. The summed E-state index contributed by atoms with van der Waals surface area (Å²) in [7, 11) is 1.69. The van der Waals surface area contributed by atoms with E-state index in [0.717, 1.165) is 21.6 Å². The topological polar surface area (TPSA) is 162 Å². The highest BCUT2D eigenvalue weighted by Crippen LogP contribution is 2.21. The fourth-order valence-electron chi connectivity index (χ4n) is 0.768. The van der Waals surface area contributed by atoms with Crippen molar-refractivity contribution in [1.29, 1.82) is 0 Å². The molecule has 120 valence electrons. The molecule has 0 bridgehead atoms. The normalized spacial score (nSPS) is 13.4. The van der Waals surface area contributed by atoms with E-state index in [9.17, 15) is 32.1 Å². The number of hydrogen-bond donors (Lipinski definition) is 1. The Balaban J connectivity index is 3.94. The monoisotopic (exact) mass is 377 g/mol. The molecule has 0 aromatic carbocycles. The van der Waals surface area contributed by atoms with Gasteiger partial charge >= 0.3 is 0 Å². The minimum Gasteiger partial charge on any atom is -0.772 e. The third kappa shape index (κ3) is 10.00.